The molecule has 1 amide bonds. The van der Waals surface area contributed by atoms with Gasteiger partial charge in [0.05, 0.1) is 5.56 Å². The standard InChI is InChI=1S/C17H17FN2O/c18-16-7-2-1-6-15(16)17(21)20(14-8-9-14)11-12-4-3-5-13(19)10-12/h1-7,10,14H,8-9,11,19H2. The van der Waals surface area contributed by atoms with E-state index in [1.54, 1.807) is 17.0 Å². The van der Waals surface area contributed by atoms with E-state index in [0.29, 0.717) is 12.2 Å². The Morgan fingerprint density at radius 2 is 1.95 bits per heavy atom. The second-order valence-corrected chi connectivity index (χ2v) is 5.39. The first-order valence-electron chi connectivity index (χ1n) is 7.05. The van der Waals surface area contributed by atoms with Gasteiger partial charge < -0.3 is 10.6 Å². The number of rotatable bonds is 4. The van der Waals surface area contributed by atoms with Crippen molar-refractivity contribution in [2.75, 3.05) is 5.73 Å². The molecular formula is C17H17FN2O. The van der Waals surface area contributed by atoms with Crippen molar-refractivity contribution in [2.45, 2.75) is 25.4 Å². The molecule has 0 unspecified atom stereocenters. The summed E-state index contributed by atoms with van der Waals surface area (Å²) in [5.74, 6) is -0.723. The first-order chi connectivity index (χ1) is 10.1. The lowest BCUT2D eigenvalue weighted by atomic mass is 10.1. The summed E-state index contributed by atoms with van der Waals surface area (Å²) < 4.78 is 13.8. The molecule has 0 bridgehead atoms. The fourth-order valence-electron chi connectivity index (χ4n) is 2.43. The maximum atomic E-state index is 13.8. The van der Waals surface area contributed by atoms with Crippen LogP contribution in [0.5, 0.6) is 0 Å². The Bertz CT molecular complexity index is 667. The molecule has 2 aromatic carbocycles. The van der Waals surface area contributed by atoms with Crippen LogP contribution in [-0.2, 0) is 6.54 Å². The maximum Gasteiger partial charge on any atom is 0.257 e. The smallest absolute Gasteiger partial charge is 0.257 e. The third-order valence-corrected chi connectivity index (χ3v) is 3.66. The van der Waals surface area contributed by atoms with E-state index in [0.717, 1.165) is 18.4 Å². The molecule has 3 rings (SSSR count). The zero-order valence-corrected chi connectivity index (χ0v) is 11.6. The van der Waals surface area contributed by atoms with Crippen LogP contribution in [-0.4, -0.2) is 16.8 Å². The predicted octanol–water partition coefficient (Wildman–Crippen LogP) is 3.21. The molecule has 1 fully saturated rings. The van der Waals surface area contributed by atoms with Gasteiger partial charge in [-0.2, -0.15) is 0 Å². The Kier molecular flexibility index (Phi) is 3.60. The van der Waals surface area contributed by atoms with Crippen molar-refractivity contribution in [3.63, 3.8) is 0 Å². The van der Waals surface area contributed by atoms with Gasteiger partial charge in [0.15, 0.2) is 0 Å². The highest BCUT2D eigenvalue weighted by atomic mass is 19.1. The minimum Gasteiger partial charge on any atom is -0.399 e. The molecule has 3 nitrogen and oxygen atoms in total. The number of amides is 1. The third kappa shape index (κ3) is 3.05. The minimum atomic E-state index is -0.472. The molecule has 4 heteroatoms. The van der Waals surface area contributed by atoms with E-state index >= 15 is 0 Å². The molecule has 0 aliphatic heterocycles. The van der Waals surface area contributed by atoms with Crippen LogP contribution in [0.1, 0.15) is 28.8 Å². The zero-order valence-electron chi connectivity index (χ0n) is 11.6. The largest absolute Gasteiger partial charge is 0.399 e. The number of nitrogen functional groups attached to an aromatic ring is 1. The van der Waals surface area contributed by atoms with Gasteiger partial charge >= 0.3 is 0 Å². The molecule has 108 valence electrons. The minimum absolute atomic E-state index is 0.133. The number of anilines is 1. The van der Waals surface area contributed by atoms with Crippen molar-refractivity contribution >= 4 is 11.6 Å². The van der Waals surface area contributed by atoms with Crippen LogP contribution >= 0.6 is 0 Å². The molecule has 1 aliphatic carbocycles. The summed E-state index contributed by atoms with van der Waals surface area (Å²) in [6.07, 6.45) is 1.95. The molecule has 0 spiro atoms. The molecule has 21 heavy (non-hydrogen) atoms. The highest BCUT2D eigenvalue weighted by molar-refractivity contribution is 5.94. The number of hydrogen-bond donors (Lipinski definition) is 1. The van der Waals surface area contributed by atoms with Gasteiger partial charge in [-0.05, 0) is 42.7 Å². The molecule has 2 aromatic rings. The summed E-state index contributed by atoms with van der Waals surface area (Å²) in [5, 5.41) is 0. The van der Waals surface area contributed by atoms with E-state index in [-0.39, 0.29) is 17.5 Å². The average Bonchev–Trinajstić information content (AvgIpc) is 3.29. The second-order valence-electron chi connectivity index (χ2n) is 5.39. The lowest BCUT2D eigenvalue weighted by Gasteiger charge is -2.23. The Morgan fingerprint density at radius 3 is 2.62 bits per heavy atom. The summed E-state index contributed by atoms with van der Waals surface area (Å²) >= 11 is 0. The van der Waals surface area contributed by atoms with Gasteiger partial charge in [-0.25, -0.2) is 4.39 Å². The average molecular weight is 284 g/mol. The van der Waals surface area contributed by atoms with E-state index < -0.39 is 5.82 Å². The zero-order chi connectivity index (χ0) is 14.8. The molecule has 0 saturated heterocycles. The van der Waals surface area contributed by atoms with Gasteiger partial charge in [0, 0.05) is 18.3 Å². The van der Waals surface area contributed by atoms with Crippen LogP contribution in [0.3, 0.4) is 0 Å². The maximum absolute atomic E-state index is 13.8. The van der Waals surface area contributed by atoms with Crippen LogP contribution in [0.2, 0.25) is 0 Å². The SMILES string of the molecule is Nc1cccc(CN(C(=O)c2ccccc2F)C2CC2)c1. The van der Waals surface area contributed by atoms with Crippen LogP contribution < -0.4 is 5.73 Å². The number of halogens is 1. The van der Waals surface area contributed by atoms with Crippen molar-refractivity contribution < 1.29 is 9.18 Å². The molecule has 0 atom stereocenters. The normalized spacial score (nSPS) is 14.0. The summed E-state index contributed by atoms with van der Waals surface area (Å²) in [4.78, 5) is 14.3. The van der Waals surface area contributed by atoms with Crippen LogP contribution in [0, 0.1) is 5.82 Å². The number of benzene rings is 2. The van der Waals surface area contributed by atoms with Gasteiger partial charge in [-0.3, -0.25) is 4.79 Å². The highest BCUT2D eigenvalue weighted by Crippen LogP contribution is 2.30. The molecular weight excluding hydrogens is 267 g/mol. The Hall–Kier alpha value is -2.36. The first kappa shape index (κ1) is 13.6. The molecule has 2 N–H and O–H groups in total. The monoisotopic (exact) mass is 284 g/mol. The summed E-state index contributed by atoms with van der Waals surface area (Å²) in [7, 11) is 0. The summed E-state index contributed by atoms with van der Waals surface area (Å²) in [6, 6.07) is 13.8. The van der Waals surface area contributed by atoms with Gasteiger partial charge in [-0.15, -0.1) is 0 Å². The van der Waals surface area contributed by atoms with E-state index in [4.69, 9.17) is 5.73 Å². The second kappa shape index (κ2) is 5.56. The Labute approximate surface area is 123 Å². The number of carbonyl (C=O) groups is 1. The number of carbonyl (C=O) groups excluding carboxylic acids is 1. The number of nitrogens with zero attached hydrogens (tertiary/aromatic N) is 1. The molecule has 0 radical (unpaired) electrons. The van der Waals surface area contributed by atoms with E-state index in [9.17, 15) is 9.18 Å². The van der Waals surface area contributed by atoms with Crippen molar-refractivity contribution in [3.05, 3.63) is 65.5 Å². The van der Waals surface area contributed by atoms with Crippen molar-refractivity contribution in [1.82, 2.24) is 4.90 Å². The van der Waals surface area contributed by atoms with Crippen LogP contribution in [0.15, 0.2) is 48.5 Å². The summed E-state index contributed by atoms with van der Waals surface area (Å²) in [6.45, 7) is 0.461. The molecule has 1 aliphatic rings. The first-order valence-corrected chi connectivity index (χ1v) is 7.05. The number of nitrogens with two attached hydrogens (primary N) is 1. The van der Waals surface area contributed by atoms with Crippen molar-refractivity contribution in [1.29, 1.82) is 0 Å². The van der Waals surface area contributed by atoms with Crippen LogP contribution in [0.25, 0.3) is 0 Å². The van der Waals surface area contributed by atoms with E-state index in [1.807, 2.05) is 24.3 Å². The lowest BCUT2D eigenvalue weighted by Crippen LogP contribution is -2.33. The fraction of sp³-hybridized carbons (Fsp3) is 0.235. The predicted molar refractivity (Wildman–Crippen MR) is 80.1 cm³/mol. The highest BCUT2D eigenvalue weighted by Gasteiger charge is 2.33. The quantitative estimate of drug-likeness (QED) is 0.876. The molecule has 0 heterocycles. The van der Waals surface area contributed by atoms with E-state index in [1.165, 1.54) is 12.1 Å². The van der Waals surface area contributed by atoms with Crippen molar-refractivity contribution in [3.8, 4) is 0 Å². The van der Waals surface area contributed by atoms with E-state index in [2.05, 4.69) is 0 Å². The third-order valence-electron chi connectivity index (χ3n) is 3.66. The number of hydrogen-bond acceptors (Lipinski definition) is 2. The lowest BCUT2D eigenvalue weighted by molar-refractivity contribution is 0.0725. The molecule has 0 aromatic heterocycles. The summed E-state index contributed by atoms with van der Waals surface area (Å²) in [5.41, 5.74) is 7.54. The Morgan fingerprint density at radius 1 is 1.19 bits per heavy atom. The fourth-order valence-corrected chi connectivity index (χ4v) is 2.43. The topological polar surface area (TPSA) is 46.3 Å². The van der Waals surface area contributed by atoms with Crippen LogP contribution in [0.4, 0.5) is 10.1 Å². The molecule has 1 saturated carbocycles. The Balaban J connectivity index is 1.85. The van der Waals surface area contributed by atoms with Crippen molar-refractivity contribution in [2.24, 2.45) is 0 Å². The van der Waals surface area contributed by atoms with Gasteiger partial charge in [-0.1, -0.05) is 24.3 Å². The van der Waals surface area contributed by atoms with Gasteiger partial charge in [0.1, 0.15) is 5.82 Å². The van der Waals surface area contributed by atoms with Gasteiger partial charge in [0.2, 0.25) is 0 Å². The van der Waals surface area contributed by atoms with Gasteiger partial charge in [0.25, 0.3) is 5.91 Å².